The van der Waals surface area contributed by atoms with Crippen molar-refractivity contribution in [2.45, 2.75) is 35.8 Å². The molecule has 3 rings (SSSR count). The van der Waals surface area contributed by atoms with Crippen molar-refractivity contribution < 1.29 is 13.2 Å². The molecule has 1 fully saturated rings. The normalized spacial score (nSPS) is 18.7. The Morgan fingerprint density at radius 2 is 1.79 bits per heavy atom. The van der Waals surface area contributed by atoms with E-state index in [1.807, 2.05) is 0 Å². The Hall–Kier alpha value is -1.35. The molecule has 0 amide bonds. The van der Waals surface area contributed by atoms with Crippen LogP contribution >= 0.6 is 34.8 Å². The summed E-state index contributed by atoms with van der Waals surface area (Å²) in [6, 6.07) is 4.59. The van der Waals surface area contributed by atoms with Gasteiger partial charge in [-0.2, -0.15) is 23.1 Å². The monoisotopic (exact) mass is 467 g/mol. The molecule has 1 aromatic carbocycles. The average molecular weight is 469 g/mol. The summed E-state index contributed by atoms with van der Waals surface area (Å²) in [5, 5.41) is 3.24. The second kappa shape index (κ2) is 8.79. The van der Waals surface area contributed by atoms with E-state index in [0.717, 1.165) is 44.6 Å². The van der Waals surface area contributed by atoms with Crippen LogP contribution in [0.3, 0.4) is 0 Å². The number of hydrogen-bond donors (Lipinski definition) is 1. The molecule has 1 aliphatic rings. The number of rotatable bonds is 4. The van der Waals surface area contributed by atoms with Crippen LogP contribution in [0.15, 0.2) is 24.3 Å². The zero-order valence-electron chi connectivity index (χ0n) is 15.5. The molecule has 5 nitrogen and oxygen atoms in total. The lowest BCUT2D eigenvalue weighted by Crippen LogP contribution is -2.42. The number of alkyl halides is 6. The second-order valence-corrected chi connectivity index (χ2v) is 9.04. The van der Waals surface area contributed by atoms with Gasteiger partial charge < -0.3 is 10.2 Å². The Labute approximate surface area is 181 Å². The Kier molecular flexibility index (Phi) is 6.77. The van der Waals surface area contributed by atoms with Crippen LogP contribution in [-0.4, -0.2) is 45.5 Å². The molecule has 0 saturated carbocycles. The van der Waals surface area contributed by atoms with E-state index in [1.165, 1.54) is 12.1 Å². The van der Waals surface area contributed by atoms with Crippen molar-refractivity contribution in [3.8, 4) is 11.4 Å². The van der Waals surface area contributed by atoms with Gasteiger partial charge in [0.1, 0.15) is 0 Å². The number of aromatic nitrogens is 3. The van der Waals surface area contributed by atoms with Crippen LogP contribution < -0.4 is 5.32 Å². The number of anilines is 1. The van der Waals surface area contributed by atoms with Crippen molar-refractivity contribution >= 4 is 40.8 Å². The van der Waals surface area contributed by atoms with Crippen LogP contribution in [0.5, 0.6) is 0 Å². The second-order valence-electron chi connectivity index (χ2n) is 6.76. The van der Waals surface area contributed by atoms with Gasteiger partial charge in [-0.25, -0.2) is 4.98 Å². The topological polar surface area (TPSA) is 53.9 Å². The van der Waals surface area contributed by atoms with Crippen LogP contribution in [-0.2, 0) is 9.97 Å². The van der Waals surface area contributed by atoms with E-state index in [0.29, 0.717) is 5.56 Å². The molecule has 2 heterocycles. The molecule has 11 heteroatoms. The SMILES string of the molecule is CCN1CCCC(Nc2nc(-c3ccc(C(F)(F)F)cc3)nc(C(Cl)(Cl)Cl)n2)C1. The molecule has 158 valence electrons. The van der Waals surface area contributed by atoms with Crippen LogP contribution in [0.2, 0.25) is 0 Å². The summed E-state index contributed by atoms with van der Waals surface area (Å²) in [7, 11) is 0. The molecule has 1 atom stereocenters. The summed E-state index contributed by atoms with van der Waals surface area (Å²) in [5.41, 5.74) is -0.408. The fraction of sp³-hybridized carbons (Fsp3) is 0.500. The highest BCUT2D eigenvalue weighted by Gasteiger charge is 2.31. The number of likely N-dealkylation sites (tertiary alicyclic amines) is 1. The zero-order valence-corrected chi connectivity index (χ0v) is 17.7. The number of piperidine rings is 1. The first-order valence-corrected chi connectivity index (χ1v) is 10.2. The molecule has 1 unspecified atom stereocenters. The van der Waals surface area contributed by atoms with Crippen molar-refractivity contribution in [1.29, 1.82) is 0 Å². The number of benzene rings is 1. The molecular formula is C18H19Cl3F3N5. The van der Waals surface area contributed by atoms with E-state index in [4.69, 9.17) is 34.8 Å². The van der Waals surface area contributed by atoms with Crippen LogP contribution in [0, 0.1) is 0 Å². The summed E-state index contributed by atoms with van der Waals surface area (Å²) in [4.78, 5) is 15.0. The Balaban J connectivity index is 1.92. The average Bonchev–Trinajstić information content (AvgIpc) is 2.66. The van der Waals surface area contributed by atoms with Crippen molar-refractivity contribution in [2.75, 3.05) is 25.0 Å². The molecule has 1 aromatic heterocycles. The third-order valence-corrected chi connectivity index (χ3v) is 5.15. The summed E-state index contributed by atoms with van der Waals surface area (Å²) >= 11 is 17.9. The van der Waals surface area contributed by atoms with Crippen LogP contribution in [0.1, 0.15) is 31.2 Å². The molecule has 0 radical (unpaired) electrons. The van der Waals surface area contributed by atoms with E-state index < -0.39 is 15.5 Å². The van der Waals surface area contributed by atoms with Gasteiger partial charge in [-0.1, -0.05) is 53.9 Å². The summed E-state index contributed by atoms with van der Waals surface area (Å²) < 4.78 is 36.6. The quantitative estimate of drug-likeness (QED) is 0.619. The Morgan fingerprint density at radius 3 is 2.38 bits per heavy atom. The largest absolute Gasteiger partial charge is 0.416 e. The Bertz CT molecular complexity index is 840. The molecular weight excluding hydrogens is 450 g/mol. The maximum absolute atomic E-state index is 12.8. The minimum Gasteiger partial charge on any atom is -0.350 e. The Morgan fingerprint density at radius 1 is 1.10 bits per heavy atom. The molecule has 0 bridgehead atoms. The van der Waals surface area contributed by atoms with Gasteiger partial charge in [0.05, 0.1) is 5.56 Å². The molecule has 1 N–H and O–H groups in total. The molecule has 1 aliphatic heterocycles. The van der Waals surface area contributed by atoms with Gasteiger partial charge in [0.15, 0.2) is 11.6 Å². The van der Waals surface area contributed by atoms with Crippen molar-refractivity contribution in [1.82, 2.24) is 19.9 Å². The fourth-order valence-electron chi connectivity index (χ4n) is 3.15. The first-order chi connectivity index (χ1) is 13.6. The van der Waals surface area contributed by atoms with Gasteiger partial charge in [0, 0.05) is 18.2 Å². The smallest absolute Gasteiger partial charge is 0.350 e. The van der Waals surface area contributed by atoms with E-state index in [-0.39, 0.29) is 23.6 Å². The van der Waals surface area contributed by atoms with Gasteiger partial charge >= 0.3 is 6.18 Å². The van der Waals surface area contributed by atoms with E-state index >= 15 is 0 Å². The minimum absolute atomic E-state index is 0.0990. The summed E-state index contributed by atoms with van der Waals surface area (Å²) in [6.07, 6.45) is -2.47. The number of likely N-dealkylation sites (N-methyl/N-ethyl adjacent to an activating group) is 1. The first-order valence-electron chi connectivity index (χ1n) is 9.06. The van der Waals surface area contributed by atoms with E-state index in [9.17, 15) is 13.2 Å². The van der Waals surface area contributed by atoms with Gasteiger partial charge in [-0.3, -0.25) is 0 Å². The van der Waals surface area contributed by atoms with Crippen molar-refractivity contribution in [2.24, 2.45) is 0 Å². The highest BCUT2D eigenvalue weighted by molar-refractivity contribution is 6.66. The summed E-state index contributed by atoms with van der Waals surface area (Å²) in [5.74, 6) is 0.248. The molecule has 29 heavy (non-hydrogen) atoms. The number of nitrogens with zero attached hydrogens (tertiary/aromatic N) is 4. The fourth-order valence-corrected chi connectivity index (χ4v) is 3.40. The lowest BCUT2D eigenvalue weighted by molar-refractivity contribution is -0.137. The summed E-state index contributed by atoms with van der Waals surface area (Å²) in [6.45, 7) is 4.88. The van der Waals surface area contributed by atoms with Crippen molar-refractivity contribution in [3.05, 3.63) is 35.7 Å². The number of nitrogens with one attached hydrogen (secondary N) is 1. The van der Waals surface area contributed by atoms with Gasteiger partial charge in [-0.15, -0.1) is 0 Å². The number of hydrogen-bond acceptors (Lipinski definition) is 5. The minimum atomic E-state index is -4.43. The predicted octanol–water partition coefficient (Wildman–Crippen LogP) is 5.28. The van der Waals surface area contributed by atoms with E-state index in [2.05, 4.69) is 32.1 Å². The van der Waals surface area contributed by atoms with E-state index in [1.54, 1.807) is 0 Å². The maximum atomic E-state index is 12.8. The molecule has 0 aliphatic carbocycles. The lowest BCUT2D eigenvalue weighted by Gasteiger charge is -2.32. The van der Waals surface area contributed by atoms with Crippen molar-refractivity contribution in [3.63, 3.8) is 0 Å². The first kappa shape index (κ1) is 22.3. The highest BCUT2D eigenvalue weighted by atomic mass is 35.6. The molecule has 0 spiro atoms. The number of halogens is 6. The van der Waals surface area contributed by atoms with Gasteiger partial charge in [-0.05, 0) is 38.1 Å². The maximum Gasteiger partial charge on any atom is 0.416 e. The zero-order chi connectivity index (χ0) is 21.2. The third kappa shape index (κ3) is 5.84. The lowest BCUT2D eigenvalue weighted by atomic mass is 10.1. The molecule has 1 saturated heterocycles. The van der Waals surface area contributed by atoms with Crippen LogP contribution in [0.4, 0.5) is 19.1 Å². The highest BCUT2D eigenvalue weighted by Crippen LogP contribution is 2.37. The van der Waals surface area contributed by atoms with Gasteiger partial charge in [0.25, 0.3) is 0 Å². The van der Waals surface area contributed by atoms with Crippen LogP contribution in [0.25, 0.3) is 11.4 Å². The third-order valence-electron chi connectivity index (χ3n) is 4.65. The molecule has 2 aromatic rings. The predicted molar refractivity (Wildman–Crippen MR) is 108 cm³/mol. The van der Waals surface area contributed by atoms with Gasteiger partial charge in [0.2, 0.25) is 9.74 Å². The standard InChI is InChI=1S/C18H19Cl3F3N5/c1-2-29-9-3-4-13(10-29)25-16-27-14(26-15(28-16)17(19,20)21)11-5-7-12(8-6-11)18(22,23)24/h5-8,13H,2-4,9-10H2,1H3,(H,25,26,27,28).